The van der Waals surface area contributed by atoms with Gasteiger partial charge in [-0.3, -0.25) is 0 Å². The molecular weight excluding hydrogens is 107 g/mol. The molecule has 0 unspecified atom stereocenters. The quantitative estimate of drug-likeness (QED) is 0.504. The summed E-state index contributed by atoms with van der Waals surface area (Å²) >= 11 is 0. The molecule has 9 heavy (non-hydrogen) atoms. The fourth-order valence-corrected chi connectivity index (χ4v) is 0.378. The predicted octanol–water partition coefficient (Wildman–Crippen LogP) is 1.38. The van der Waals surface area contributed by atoms with E-state index in [0.717, 1.165) is 13.0 Å². The van der Waals surface area contributed by atoms with Crippen molar-refractivity contribution < 1.29 is 4.74 Å². The molecule has 0 aliphatic carbocycles. The van der Waals surface area contributed by atoms with E-state index >= 15 is 0 Å². The summed E-state index contributed by atoms with van der Waals surface area (Å²) in [7, 11) is 0. The van der Waals surface area contributed by atoms with Crippen LogP contribution in [0.2, 0.25) is 0 Å². The van der Waals surface area contributed by atoms with Crippen molar-refractivity contribution in [3.8, 4) is 0 Å². The molecule has 0 aromatic rings. The molecule has 0 saturated carbocycles. The van der Waals surface area contributed by atoms with E-state index < -0.39 is 0 Å². The number of rotatable bonds is 2. The molecular formula is C7H16LiO. The Morgan fingerprint density at radius 1 is 1.33 bits per heavy atom. The number of ether oxygens (including phenoxy) is 1. The normalized spacial score (nSPS) is 10.7. The monoisotopic (exact) mass is 123 g/mol. The average molecular weight is 123 g/mol. The third-order valence-electron chi connectivity index (χ3n) is 0.679. The molecule has 2 heteroatoms. The Hall–Kier alpha value is 0.557. The zero-order valence-electron chi connectivity index (χ0n) is 6.03. The molecule has 51 valence electrons. The van der Waals surface area contributed by atoms with Crippen molar-refractivity contribution in [3.05, 3.63) is 6.92 Å². The first-order valence-electron chi connectivity index (χ1n) is 2.99. The maximum absolute atomic E-state index is 5.32. The summed E-state index contributed by atoms with van der Waals surface area (Å²) in [5.74, 6) is 0. The Morgan fingerprint density at radius 2 is 1.78 bits per heavy atom. The van der Waals surface area contributed by atoms with E-state index in [2.05, 4.69) is 6.92 Å². The van der Waals surface area contributed by atoms with E-state index in [1.165, 1.54) is 0 Å². The van der Waals surface area contributed by atoms with Crippen LogP contribution in [0.15, 0.2) is 0 Å². The van der Waals surface area contributed by atoms with Crippen molar-refractivity contribution >= 4 is 18.9 Å². The first kappa shape index (κ1) is 12.3. The molecule has 0 atom stereocenters. The van der Waals surface area contributed by atoms with Gasteiger partial charge in [0, 0.05) is 6.61 Å². The first-order valence-corrected chi connectivity index (χ1v) is 2.99. The molecule has 0 amide bonds. The fourth-order valence-electron chi connectivity index (χ4n) is 0.378. The van der Waals surface area contributed by atoms with Gasteiger partial charge in [-0.1, -0.05) is 6.92 Å². The predicted molar refractivity (Wildman–Crippen MR) is 42.8 cm³/mol. The number of hydrogen-bond acceptors (Lipinski definition) is 1. The van der Waals surface area contributed by atoms with Crippen molar-refractivity contribution in [1.29, 1.82) is 0 Å². The molecule has 0 N–H and O–H groups in total. The van der Waals surface area contributed by atoms with Crippen LogP contribution in [0.5, 0.6) is 0 Å². The Balaban J connectivity index is 0. The number of hydrogen-bond donors (Lipinski definition) is 0. The molecule has 0 saturated heterocycles. The van der Waals surface area contributed by atoms with E-state index in [0.29, 0.717) is 0 Å². The maximum atomic E-state index is 5.32. The van der Waals surface area contributed by atoms with E-state index in [9.17, 15) is 0 Å². The molecule has 0 bridgehead atoms. The third kappa shape index (κ3) is 11.9. The second-order valence-corrected chi connectivity index (χ2v) is 2.81. The van der Waals surface area contributed by atoms with Gasteiger partial charge in [-0.05, 0) is 27.2 Å². The van der Waals surface area contributed by atoms with Gasteiger partial charge >= 0.3 is 18.9 Å². The van der Waals surface area contributed by atoms with Gasteiger partial charge in [0.05, 0.1) is 5.60 Å². The summed E-state index contributed by atoms with van der Waals surface area (Å²) in [5, 5.41) is 0. The summed E-state index contributed by atoms with van der Waals surface area (Å²) in [6.07, 6.45) is 0.858. The van der Waals surface area contributed by atoms with Crippen LogP contribution in [0.3, 0.4) is 0 Å². The fraction of sp³-hybridized carbons (Fsp3) is 0.857. The zero-order chi connectivity index (χ0) is 6.62. The Labute approximate surface area is 70.3 Å². The molecule has 0 aromatic carbocycles. The molecule has 0 fully saturated rings. The molecule has 0 aliphatic rings. The van der Waals surface area contributed by atoms with Gasteiger partial charge in [0.15, 0.2) is 0 Å². The van der Waals surface area contributed by atoms with Gasteiger partial charge in [-0.2, -0.15) is 0 Å². The Kier molecular flexibility index (Phi) is 7.29. The minimum atomic E-state index is 0. The van der Waals surface area contributed by atoms with Crippen molar-refractivity contribution in [2.75, 3.05) is 6.61 Å². The van der Waals surface area contributed by atoms with Crippen LogP contribution in [0.4, 0.5) is 0 Å². The summed E-state index contributed by atoms with van der Waals surface area (Å²) in [6, 6.07) is 0. The Bertz CT molecular complexity index is 56.4. The van der Waals surface area contributed by atoms with Crippen molar-refractivity contribution in [2.24, 2.45) is 0 Å². The third-order valence-corrected chi connectivity index (χ3v) is 0.679. The van der Waals surface area contributed by atoms with Crippen LogP contribution >= 0.6 is 0 Å². The molecule has 0 aromatic heterocycles. The van der Waals surface area contributed by atoms with Crippen LogP contribution < -0.4 is 0 Å². The van der Waals surface area contributed by atoms with Crippen LogP contribution in [0, 0.1) is 6.92 Å². The first-order chi connectivity index (χ1) is 3.56. The van der Waals surface area contributed by atoms with Crippen LogP contribution in [0.1, 0.15) is 27.2 Å². The second kappa shape index (κ2) is 5.35. The minimum absolute atomic E-state index is 0. The van der Waals surface area contributed by atoms with E-state index in [1.807, 2.05) is 20.8 Å². The van der Waals surface area contributed by atoms with Crippen molar-refractivity contribution in [3.63, 3.8) is 0 Å². The van der Waals surface area contributed by atoms with Gasteiger partial charge in [0.25, 0.3) is 0 Å². The van der Waals surface area contributed by atoms with E-state index in [4.69, 9.17) is 4.74 Å². The van der Waals surface area contributed by atoms with Crippen LogP contribution in [0.25, 0.3) is 0 Å². The molecule has 0 rings (SSSR count). The molecule has 0 heterocycles. The van der Waals surface area contributed by atoms with Crippen LogP contribution in [-0.4, -0.2) is 31.1 Å². The van der Waals surface area contributed by atoms with E-state index in [-0.39, 0.29) is 24.5 Å². The van der Waals surface area contributed by atoms with Crippen LogP contribution in [-0.2, 0) is 4.74 Å². The SMILES string of the molecule is [CH2]CCOC(C)(C)C.[LiH]. The topological polar surface area (TPSA) is 9.23 Å². The summed E-state index contributed by atoms with van der Waals surface area (Å²) < 4.78 is 5.32. The van der Waals surface area contributed by atoms with Gasteiger partial charge in [0.1, 0.15) is 0 Å². The summed E-state index contributed by atoms with van der Waals surface area (Å²) in [6.45, 7) is 10.6. The Morgan fingerprint density at radius 3 is 1.89 bits per heavy atom. The summed E-state index contributed by atoms with van der Waals surface area (Å²) in [4.78, 5) is 0. The standard InChI is InChI=1S/C7H15O.Li.H/c1-5-6-8-7(2,3)4;;/h1,5-6H2,2-4H3;;. The zero-order valence-corrected chi connectivity index (χ0v) is 6.03. The van der Waals surface area contributed by atoms with Gasteiger partial charge in [-0.15, -0.1) is 0 Å². The van der Waals surface area contributed by atoms with Gasteiger partial charge in [0.2, 0.25) is 0 Å². The van der Waals surface area contributed by atoms with Crippen molar-refractivity contribution in [1.82, 2.24) is 0 Å². The van der Waals surface area contributed by atoms with E-state index in [1.54, 1.807) is 0 Å². The molecule has 1 radical (unpaired) electrons. The average Bonchev–Trinajstić information content (AvgIpc) is 1.59. The summed E-state index contributed by atoms with van der Waals surface area (Å²) in [5.41, 5.74) is 0.0116. The molecule has 0 spiro atoms. The second-order valence-electron chi connectivity index (χ2n) is 2.81. The van der Waals surface area contributed by atoms with Gasteiger partial charge < -0.3 is 4.74 Å². The van der Waals surface area contributed by atoms with Crippen molar-refractivity contribution in [2.45, 2.75) is 32.8 Å². The molecule has 0 aliphatic heterocycles. The van der Waals surface area contributed by atoms with Gasteiger partial charge in [-0.25, -0.2) is 0 Å². The molecule has 1 nitrogen and oxygen atoms in total.